The van der Waals surface area contributed by atoms with Gasteiger partial charge in [0.1, 0.15) is 5.60 Å². The van der Waals surface area contributed by atoms with Crippen LogP contribution in [0.2, 0.25) is 0 Å². The first kappa shape index (κ1) is 9.43. The summed E-state index contributed by atoms with van der Waals surface area (Å²) in [6.07, 6.45) is 3.53. The van der Waals surface area contributed by atoms with Crippen molar-refractivity contribution in [3.8, 4) is 0 Å². The lowest BCUT2D eigenvalue weighted by Crippen LogP contribution is -2.20. The zero-order valence-electron chi connectivity index (χ0n) is 8.14. The molecular formula is C10H12N2OS. The van der Waals surface area contributed by atoms with Crippen LogP contribution in [0.15, 0.2) is 29.9 Å². The molecule has 2 aromatic rings. The van der Waals surface area contributed by atoms with Gasteiger partial charge < -0.3 is 5.11 Å². The van der Waals surface area contributed by atoms with E-state index in [1.54, 1.807) is 29.1 Å². The van der Waals surface area contributed by atoms with E-state index in [-0.39, 0.29) is 0 Å². The number of aryl methyl sites for hydroxylation is 1. The molecule has 0 aliphatic rings. The normalized spacial score (nSPS) is 15.4. The zero-order chi connectivity index (χ0) is 10.2. The second-order valence-corrected chi connectivity index (χ2v) is 4.40. The Balaban J connectivity index is 2.42. The predicted molar refractivity (Wildman–Crippen MR) is 56.2 cm³/mol. The van der Waals surface area contributed by atoms with Crippen molar-refractivity contribution in [2.24, 2.45) is 7.05 Å². The molecule has 0 amide bonds. The number of nitrogens with zero attached hydrogens (tertiary/aromatic N) is 2. The van der Waals surface area contributed by atoms with Gasteiger partial charge in [-0.25, -0.2) is 0 Å². The molecule has 4 heteroatoms. The monoisotopic (exact) mass is 208 g/mol. The Morgan fingerprint density at radius 1 is 1.57 bits per heavy atom. The van der Waals surface area contributed by atoms with E-state index < -0.39 is 5.60 Å². The van der Waals surface area contributed by atoms with Gasteiger partial charge in [0.25, 0.3) is 0 Å². The van der Waals surface area contributed by atoms with Gasteiger partial charge in [0.15, 0.2) is 0 Å². The van der Waals surface area contributed by atoms with E-state index in [4.69, 9.17) is 0 Å². The molecule has 2 aromatic heterocycles. The second kappa shape index (κ2) is 3.22. The molecule has 14 heavy (non-hydrogen) atoms. The van der Waals surface area contributed by atoms with E-state index in [2.05, 4.69) is 5.10 Å². The Morgan fingerprint density at radius 3 is 2.86 bits per heavy atom. The van der Waals surface area contributed by atoms with E-state index in [1.807, 2.05) is 30.8 Å². The van der Waals surface area contributed by atoms with E-state index in [9.17, 15) is 5.11 Å². The smallest absolute Gasteiger partial charge is 0.124 e. The van der Waals surface area contributed by atoms with Crippen LogP contribution in [-0.2, 0) is 12.6 Å². The van der Waals surface area contributed by atoms with Crippen LogP contribution in [0.3, 0.4) is 0 Å². The summed E-state index contributed by atoms with van der Waals surface area (Å²) in [5.41, 5.74) is -0.106. The predicted octanol–water partition coefficient (Wildman–Crippen LogP) is 1.74. The molecule has 74 valence electrons. The molecule has 2 heterocycles. The maximum absolute atomic E-state index is 10.3. The fourth-order valence-electron chi connectivity index (χ4n) is 1.37. The first-order valence-corrected chi connectivity index (χ1v) is 5.24. The Hall–Kier alpha value is -1.13. The Labute approximate surface area is 86.6 Å². The fourth-order valence-corrected chi connectivity index (χ4v) is 2.18. The molecule has 0 aliphatic heterocycles. The number of hydrogen-bond acceptors (Lipinski definition) is 3. The standard InChI is InChI=1S/C10H12N2OS/c1-10(13,9-4-3-5-14-9)8-6-11-12(2)7-8/h3-7,13H,1-2H3. The number of aliphatic hydroxyl groups is 1. The highest BCUT2D eigenvalue weighted by molar-refractivity contribution is 7.10. The van der Waals surface area contributed by atoms with Crippen molar-refractivity contribution < 1.29 is 5.11 Å². The maximum Gasteiger partial charge on any atom is 0.124 e. The quantitative estimate of drug-likeness (QED) is 0.816. The summed E-state index contributed by atoms with van der Waals surface area (Å²) in [6.45, 7) is 1.79. The number of thiophene rings is 1. The molecule has 3 nitrogen and oxygen atoms in total. The summed E-state index contributed by atoms with van der Waals surface area (Å²) in [7, 11) is 1.84. The molecule has 0 bridgehead atoms. The topological polar surface area (TPSA) is 38.0 Å². The summed E-state index contributed by atoms with van der Waals surface area (Å²) in [6, 6.07) is 3.86. The average molecular weight is 208 g/mol. The fraction of sp³-hybridized carbons (Fsp3) is 0.300. The summed E-state index contributed by atoms with van der Waals surface area (Å²) >= 11 is 1.55. The lowest BCUT2D eigenvalue weighted by molar-refractivity contribution is 0.106. The molecule has 0 spiro atoms. The van der Waals surface area contributed by atoms with Gasteiger partial charge in [0, 0.05) is 23.7 Å². The van der Waals surface area contributed by atoms with Crippen molar-refractivity contribution in [3.63, 3.8) is 0 Å². The van der Waals surface area contributed by atoms with Gasteiger partial charge in [-0.1, -0.05) is 6.07 Å². The largest absolute Gasteiger partial charge is 0.380 e. The molecule has 0 aliphatic carbocycles. The SMILES string of the molecule is Cn1cc(C(C)(O)c2cccs2)cn1. The van der Waals surface area contributed by atoms with E-state index in [0.29, 0.717) is 0 Å². The molecule has 1 N–H and O–H groups in total. The third-order valence-electron chi connectivity index (χ3n) is 2.27. The van der Waals surface area contributed by atoms with Crippen molar-refractivity contribution in [1.29, 1.82) is 0 Å². The maximum atomic E-state index is 10.3. The molecule has 0 aromatic carbocycles. The van der Waals surface area contributed by atoms with Crippen LogP contribution in [0.5, 0.6) is 0 Å². The minimum absolute atomic E-state index is 0.822. The minimum Gasteiger partial charge on any atom is -0.380 e. The van der Waals surface area contributed by atoms with Gasteiger partial charge >= 0.3 is 0 Å². The molecule has 0 fully saturated rings. The van der Waals surface area contributed by atoms with Crippen LogP contribution in [0, 0.1) is 0 Å². The molecule has 1 atom stereocenters. The molecule has 0 saturated heterocycles. The summed E-state index contributed by atoms with van der Waals surface area (Å²) in [5, 5.41) is 16.3. The van der Waals surface area contributed by atoms with Gasteiger partial charge in [0.2, 0.25) is 0 Å². The van der Waals surface area contributed by atoms with Crippen LogP contribution >= 0.6 is 11.3 Å². The van der Waals surface area contributed by atoms with Crippen molar-refractivity contribution in [2.45, 2.75) is 12.5 Å². The molecule has 1 unspecified atom stereocenters. The summed E-state index contributed by atoms with van der Waals surface area (Å²) in [5.74, 6) is 0. The van der Waals surface area contributed by atoms with Crippen LogP contribution in [0.4, 0.5) is 0 Å². The van der Waals surface area contributed by atoms with Crippen molar-refractivity contribution in [1.82, 2.24) is 9.78 Å². The van der Waals surface area contributed by atoms with Crippen molar-refractivity contribution in [2.75, 3.05) is 0 Å². The highest BCUT2D eigenvalue weighted by atomic mass is 32.1. The zero-order valence-corrected chi connectivity index (χ0v) is 8.95. The number of hydrogen-bond donors (Lipinski definition) is 1. The Bertz CT molecular complexity index is 417. The molecular weight excluding hydrogens is 196 g/mol. The van der Waals surface area contributed by atoms with Gasteiger partial charge in [-0.2, -0.15) is 5.10 Å². The van der Waals surface area contributed by atoms with Crippen molar-refractivity contribution >= 4 is 11.3 Å². The molecule has 0 radical (unpaired) electrons. The van der Waals surface area contributed by atoms with Gasteiger partial charge in [-0.3, -0.25) is 4.68 Å². The Morgan fingerprint density at radius 2 is 2.36 bits per heavy atom. The lowest BCUT2D eigenvalue weighted by Gasteiger charge is -2.19. The first-order chi connectivity index (χ1) is 6.60. The van der Waals surface area contributed by atoms with Crippen LogP contribution in [0.25, 0.3) is 0 Å². The number of aromatic nitrogens is 2. The first-order valence-electron chi connectivity index (χ1n) is 4.36. The number of rotatable bonds is 2. The van der Waals surface area contributed by atoms with Crippen LogP contribution in [-0.4, -0.2) is 14.9 Å². The van der Waals surface area contributed by atoms with Gasteiger partial charge in [0.05, 0.1) is 6.20 Å². The average Bonchev–Trinajstić information content (AvgIpc) is 2.72. The van der Waals surface area contributed by atoms with Crippen LogP contribution in [0.1, 0.15) is 17.4 Å². The summed E-state index contributed by atoms with van der Waals surface area (Å²) in [4.78, 5) is 0.936. The van der Waals surface area contributed by atoms with Crippen molar-refractivity contribution in [3.05, 3.63) is 40.3 Å². The second-order valence-electron chi connectivity index (χ2n) is 3.45. The lowest BCUT2D eigenvalue weighted by atomic mass is 9.98. The van der Waals surface area contributed by atoms with Crippen LogP contribution < -0.4 is 0 Å². The highest BCUT2D eigenvalue weighted by Crippen LogP contribution is 2.31. The molecule has 2 rings (SSSR count). The third kappa shape index (κ3) is 1.47. The Kier molecular flexibility index (Phi) is 2.17. The molecule has 0 saturated carbocycles. The summed E-state index contributed by atoms with van der Waals surface area (Å²) < 4.78 is 1.69. The van der Waals surface area contributed by atoms with E-state index in [0.717, 1.165) is 10.4 Å². The highest BCUT2D eigenvalue weighted by Gasteiger charge is 2.27. The van der Waals surface area contributed by atoms with E-state index in [1.165, 1.54) is 0 Å². The van der Waals surface area contributed by atoms with E-state index >= 15 is 0 Å². The van der Waals surface area contributed by atoms with Gasteiger partial charge in [-0.15, -0.1) is 11.3 Å². The van der Waals surface area contributed by atoms with Gasteiger partial charge in [-0.05, 0) is 18.4 Å². The third-order valence-corrected chi connectivity index (χ3v) is 3.35. The minimum atomic E-state index is -0.928.